The molecule has 0 aliphatic heterocycles. The zero-order chi connectivity index (χ0) is 24.6. The topological polar surface area (TPSA) is 88.1 Å². The molecule has 0 atom stereocenters. The van der Waals surface area contributed by atoms with Gasteiger partial charge < -0.3 is 4.74 Å². The molecule has 9 heteroatoms. The van der Waals surface area contributed by atoms with Crippen molar-refractivity contribution >= 4 is 38.1 Å². The van der Waals surface area contributed by atoms with Gasteiger partial charge in [-0.1, -0.05) is 45.8 Å². The van der Waals surface area contributed by atoms with Crippen molar-refractivity contribution in [1.29, 1.82) is 0 Å². The van der Waals surface area contributed by atoms with E-state index in [1.807, 2.05) is 50.2 Å². The van der Waals surface area contributed by atoms with Crippen molar-refractivity contribution in [2.75, 3.05) is 13.2 Å². The molecular formula is C25H26BrN3O4S. The third-order valence-electron chi connectivity index (χ3n) is 4.84. The average molecular weight is 544 g/mol. The van der Waals surface area contributed by atoms with Crippen LogP contribution in [0.25, 0.3) is 0 Å². The summed E-state index contributed by atoms with van der Waals surface area (Å²) >= 11 is 3.31. The molecule has 0 unspecified atom stereocenters. The van der Waals surface area contributed by atoms with Gasteiger partial charge in [0, 0.05) is 11.0 Å². The Bertz CT molecular complexity index is 1230. The molecule has 0 spiro atoms. The molecule has 0 heterocycles. The zero-order valence-corrected chi connectivity index (χ0v) is 21.3. The summed E-state index contributed by atoms with van der Waals surface area (Å²) in [5, 5.41) is 3.96. The maximum Gasteiger partial charge on any atom is 0.255 e. The molecule has 1 amide bonds. The van der Waals surface area contributed by atoms with Crippen LogP contribution in [0.5, 0.6) is 5.75 Å². The molecule has 0 aliphatic carbocycles. The SMILES string of the molecule is CCOc1ccc(/C=N\NC(=O)CN(Cc2ccc(C)cc2)S(=O)(=O)c2ccc(Br)cc2)cc1. The predicted octanol–water partition coefficient (Wildman–Crippen LogP) is 4.50. The molecular weight excluding hydrogens is 518 g/mol. The van der Waals surface area contributed by atoms with E-state index in [2.05, 4.69) is 26.5 Å². The smallest absolute Gasteiger partial charge is 0.255 e. The van der Waals surface area contributed by atoms with E-state index >= 15 is 0 Å². The highest BCUT2D eigenvalue weighted by Crippen LogP contribution is 2.21. The van der Waals surface area contributed by atoms with Crippen LogP contribution in [-0.4, -0.2) is 38.0 Å². The summed E-state index contributed by atoms with van der Waals surface area (Å²) in [7, 11) is -3.92. The van der Waals surface area contributed by atoms with Crippen LogP contribution in [0, 0.1) is 6.92 Å². The van der Waals surface area contributed by atoms with Gasteiger partial charge in [-0.05, 0) is 73.5 Å². The fraction of sp³-hybridized carbons (Fsp3) is 0.200. The fourth-order valence-electron chi connectivity index (χ4n) is 3.07. The normalized spacial score (nSPS) is 11.6. The lowest BCUT2D eigenvalue weighted by Crippen LogP contribution is -2.39. The first-order chi connectivity index (χ1) is 16.3. The van der Waals surface area contributed by atoms with Gasteiger partial charge in [-0.3, -0.25) is 4.79 Å². The second-order valence-electron chi connectivity index (χ2n) is 7.51. The first-order valence-electron chi connectivity index (χ1n) is 10.6. The van der Waals surface area contributed by atoms with Crippen LogP contribution in [0.4, 0.5) is 0 Å². The highest BCUT2D eigenvalue weighted by atomic mass is 79.9. The monoisotopic (exact) mass is 543 g/mol. The van der Waals surface area contributed by atoms with Crippen LogP contribution in [0.3, 0.4) is 0 Å². The number of nitrogens with zero attached hydrogens (tertiary/aromatic N) is 2. The number of benzene rings is 3. The van der Waals surface area contributed by atoms with E-state index in [-0.39, 0.29) is 18.0 Å². The summed E-state index contributed by atoms with van der Waals surface area (Å²) in [6.45, 7) is 4.10. The zero-order valence-electron chi connectivity index (χ0n) is 18.9. The largest absolute Gasteiger partial charge is 0.494 e. The number of hydrogen-bond acceptors (Lipinski definition) is 5. The number of ether oxygens (including phenoxy) is 1. The van der Waals surface area contributed by atoms with Gasteiger partial charge in [0.25, 0.3) is 5.91 Å². The molecule has 7 nitrogen and oxygen atoms in total. The van der Waals surface area contributed by atoms with E-state index in [4.69, 9.17) is 4.74 Å². The first-order valence-corrected chi connectivity index (χ1v) is 12.9. The van der Waals surface area contributed by atoms with Crippen molar-refractivity contribution in [3.63, 3.8) is 0 Å². The summed E-state index contributed by atoms with van der Waals surface area (Å²) < 4.78 is 33.9. The van der Waals surface area contributed by atoms with Crippen molar-refractivity contribution in [3.05, 3.63) is 94.0 Å². The van der Waals surface area contributed by atoms with Crippen molar-refractivity contribution in [1.82, 2.24) is 9.73 Å². The van der Waals surface area contributed by atoms with Crippen molar-refractivity contribution in [2.45, 2.75) is 25.3 Å². The molecule has 3 aromatic rings. The molecule has 3 aromatic carbocycles. The summed E-state index contributed by atoms with van der Waals surface area (Å²) in [5.74, 6) is 0.198. The highest BCUT2D eigenvalue weighted by Gasteiger charge is 2.27. The lowest BCUT2D eigenvalue weighted by molar-refractivity contribution is -0.121. The Labute approximate surface area is 208 Å². The van der Waals surface area contributed by atoms with Crippen molar-refractivity contribution < 1.29 is 17.9 Å². The van der Waals surface area contributed by atoms with E-state index in [9.17, 15) is 13.2 Å². The van der Waals surface area contributed by atoms with Crippen LogP contribution in [0.1, 0.15) is 23.6 Å². The third kappa shape index (κ3) is 7.24. The lowest BCUT2D eigenvalue weighted by Gasteiger charge is -2.21. The van der Waals surface area contributed by atoms with E-state index in [0.29, 0.717) is 6.61 Å². The Morgan fingerprint density at radius 2 is 1.68 bits per heavy atom. The third-order valence-corrected chi connectivity index (χ3v) is 7.18. The Morgan fingerprint density at radius 3 is 2.29 bits per heavy atom. The number of halogens is 1. The van der Waals surface area contributed by atoms with E-state index in [1.165, 1.54) is 18.3 Å². The quantitative estimate of drug-likeness (QED) is 0.301. The molecule has 0 bridgehead atoms. The molecule has 178 valence electrons. The maximum absolute atomic E-state index is 13.3. The van der Waals surface area contributed by atoms with Gasteiger partial charge in [0.05, 0.1) is 24.3 Å². The Hall–Kier alpha value is -3.01. The minimum atomic E-state index is -3.92. The molecule has 0 saturated carbocycles. The van der Waals surface area contributed by atoms with E-state index in [1.54, 1.807) is 24.3 Å². The Balaban J connectivity index is 1.74. The molecule has 0 aliphatic rings. The fourth-order valence-corrected chi connectivity index (χ4v) is 4.72. The second-order valence-corrected chi connectivity index (χ2v) is 10.4. The summed E-state index contributed by atoms with van der Waals surface area (Å²) in [6, 6.07) is 21.0. The van der Waals surface area contributed by atoms with Crippen molar-refractivity contribution in [2.24, 2.45) is 5.10 Å². The van der Waals surface area contributed by atoms with Crippen LogP contribution in [0.15, 0.2) is 87.3 Å². The minimum absolute atomic E-state index is 0.0503. The number of sulfonamides is 1. The number of hydrazone groups is 1. The van der Waals surface area contributed by atoms with Gasteiger partial charge in [0.15, 0.2) is 0 Å². The van der Waals surface area contributed by atoms with Gasteiger partial charge in [-0.15, -0.1) is 0 Å². The molecule has 0 radical (unpaired) electrons. The molecule has 1 N–H and O–H groups in total. The van der Waals surface area contributed by atoms with Gasteiger partial charge in [-0.2, -0.15) is 9.41 Å². The predicted molar refractivity (Wildman–Crippen MR) is 136 cm³/mol. The number of nitrogens with one attached hydrogen (secondary N) is 1. The molecule has 34 heavy (non-hydrogen) atoms. The van der Waals surface area contributed by atoms with Gasteiger partial charge >= 0.3 is 0 Å². The highest BCUT2D eigenvalue weighted by molar-refractivity contribution is 9.10. The average Bonchev–Trinajstić information content (AvgIpc) is 2.81. The first kappa shape index (κ1) is 25.6. The van der Waals surface area contributed by atoms with Crippen LogP contribution in [-0.2, 0) is 21.4 Å². The summed E-state index contributed by atoms with van der Waals surface area (Å²) in [6.07, 6.45) is 1.49. The molecule has 3 rings (SSSR count). The number of aryl methyl sites for hydroxylation is 1. The Morgan fingerprint density at radius 1 is 1.03 bits per heavy atom. The Kier molecular flexibility index (Phi) is 8.98. The number of hydrogen-bond donors (Lipinski definition) is 1. The number of carbonyl (C=O) groups excluding carboxylic acids is 1. The maximum atomic E-state index is 13.3. The van der Waals surface area contributed by atoms with Gasteiger partial charge in [0.1, 0.15) is 5.75 Å². The standard InChI is InChI=1S/C25H26BrN3O4S/c1-3-33-23-12-8-20(9-13-23)16-27-28-25(30)18-29(17-21-6-4-19(2)5-7-21)34(31,32)24-14-10-22(26)11-15-24/h4-16H,3,17-18H2,1-2H3,(H,28,30)/b27-16-. The summed E-state index contributed by atoms with van der Waals surface area (Å²) in [5.41, 5.74) is 5.02. The van der Waals surface area contributed by atoms with E-state index in [0.717, 1.165) is 31.2 Å². The number of carbonyl (C=O) groups is 1. The number of amides is 1. The molecule has 0 saturated heterocycles. The second kappa shape index (κ2) is 11.9. The molecule has 0 aromatic heterocycles. The lowest BCUT2D eigenvalue weighted by atomic mass is 10.1. The molecule has 0 fully saturated rings. The number of rotatable bonds is 10. The van der Waals surface area contributed by atoms with Crippen molar-refractivity contribution in [3.8, 4) is 5.75 Å². The van der Waals surface area contributed by atoms with E-state index < -0.39 is 15.9 Å². The summed E-state index contributed by atoms with van der Waals surface area (Å²) in [4.78, 5) is 12.7. The van der Waals surface area contributed by atoms with Crippen LogP contribution < -0.4 is 10.2 Å². The van der Waals surface area contributed by atoms with Crippen LogP contribution >= 0.6 is 15.9 Å². The minimum Gasteiger partial charge on any atom is -0.494 e. The van der Waals surface area contributed by atoms with Gasteiger partial charge in [0.2, 0.25) is 10.0 Å². The van der Waals surface area contributed by atoms with Crippen LogP contribution in [0.2, 0.25) is 0 Å². The van der Waals surface area contributed by atoms with Gasteiger partial charge in [-0.25, -0.2) is 13.8 Å².